The number of aromatic nitrogens is 1. The van der Waals surface area contributed by atoms with Gasteiger partial charge >= 0.3 is 0 Å². The van der Waals surface area contributed by atoms with Crippen molar-refractivity contribution < 1.29 is 8.60 Å². The molecule has 90 valence electrons. The molecule has 1 unspecified atom stereocenters. The van der Waals surface area contributed by atoms with Crippen molar-refractivity contribution in [1.82, 2.24) is 4.98 Å². The highest BCUT2D eigenvalue weighted by Crippen LogP contribution is 2.19. The van der Waals surface area contributed by atoms with E-state index in [1.54, 1.807) is 0 Å². The molecule has 0 bridgehead atoms. The molecule has 0 radical (unpaired) electrons. The van der Waals surface area contributed by atoms with E-state index >= 15 is 0 Å². The lowest BCUT2D eigenvalue weighted by Crippen LogP contribution is -1.98. The van der Waals surface area contributed by atoms with E-state index in [4.69, 9.17) is 5.73 Å². The van der Waals surface area contributed by atoms with Crippen LogP contribution in [0.15, 0.2) is 28.5 Å². The largest absolute Gasteiger partial charge is 0.399 e. The van der Waals surface area contributed by atoms with Gasteiger partial charge in [0.15, 0.2) is 0 Å². The van der Waals surface area contributed by atoms with Crippen LogP contribution in [0.1, 0.15) is 10.7 Å². The molecule has 6 heteroatoms. The summed E-state index contributed by atoms with van der Waals surface area (Å²) in [5.74, 6) is -0.176. The van der Waals surface area contributed by atoms with E-state index in [1.165, 1.54) is 29.5 Å². The standard InChI is InChI=1S/C11H11FN2OS2/c1-7-5-16-11(14-7)6-17(15)10-3-8(12)2-9(13)4-10/h2-5H,6,13H2,1H3. The fraction of sp³-hybridized carbons (Fsp3) is 0.182. The molecule has 0 amide bonds. The van der Waals surface area contributed by atoms with Crippen LogP contribution in [0.4, 0.5) is 10.1 Å². The second-order valence-corrected chi connectivity index (χ2v) is 5.99. The second-order valence-electron chi connectivity index (χ2n) is 3.59. The highest BCUT2D eigenvalue weighted by atomic mass is 32.2. The summed E-state index contributed by atoms with van der Waals surface area (Å²) >= 11 is 1.45. The Balaban J connectivity index is 2.19. The van der Waals surface area contributed by atoms with Gasteiger partial charge in [-0.05, 0) is 25.1 Å². The quantitative estimate of drug-likeness (QED) is 0.872. The number of benzene rings is 1. The molecular formula is C11H11FN2OS2. The Morgan fingerprint density at radius 1 is 1.47 bits per heavy atom. The Morgan fingerprint density at radius 3 is 2.82 bits per heavy atom. The van der Waals surface area contributed by atoms with Crippen LogP contribution in [0.3, 0.4) is 0 Å². The zero-order valence-electron chi connectivity index (χ0n) is 9.14. The molecule has 0 aliphatic rings. The average molecular weight is 270 g/mol. The Kier molecular flexibility index (Phi) is 3.54. The molecule has 2 rings (SSSR count). The number of rotatable bonds is 3. The predicted molar refractivity (Wildman–Crippen MR) is 67.8 cm³/mol. The number of halogens is 1. The predicted octanol–water partition coefficient (Wildman–Crippen LogP) is 2.48. The number of hydrogen-bond donors (Lipinski definition) is 1. The third kappa shape index (κ3) is 3.10. The molecule has 0 fully saturated rings. The third-order valence-electron chi connectivity index (χ3n) is 2.08. The summed E-state index contributed by atoms with van der Waals surface area (Å²) in [6, 6.07) is 3.97. The van der Waals surface area contributed by atoms with E-state index in [0.717, 1.165) is 10.7 Å². The molecule has 2 N–H and O–H groups in total. The molecule has 17 heavy (non-hydrogen) atoms. The number of hydrogen-bond acceptors (Lipinski definition) is 4. The van der Waals surface area contributed by atoms with Crippen molar-refractivity contribution >= 4 is 27.8 Å². The number of anilines is 1. The highest BCUT2D eigenvalue weighted by Gasteiger charge is 2.09. The van der Waals surface area contributed by atoms with Gasteiger partial charge < -0.3 is 5.73 Å². The first kappa shape index (κ1) is 12.2. The van der Waals surface area contributed by atoms with Gasteiger partial charge in [0.1, 0.15) is 10.8 Å². The SMILES string of the molecule is Cc1csc(CS(=O)c2cc(N)cc(F)c2)n1. The lowest BCUT2D eigenvalue weighted by Gasteiger charge is -2.02. The third-order valence-corrected chi connectivity index (χ3v) is 4.52. The van der Waals surface area contributed by atoms with Gasteiger partial charge in [0.05, 0.1) is 16.6 Å². The van der Waals surface area contributed by atoms with Gasteiger partial charge in [-0.25, -0.2) is 9.37 Å². The molecule has 1 aromatic carbocycles. The minimum atomic E-state index is -1.31. The maximum atomic E-state index is 13.1. The number of nitrogens with two attached hydrogens (primary N) is 1. The molecule has 1 aromatic heterocycles. The van der Waals surface area contributed by atoms with Crippen molar-refractivity contribution in [2.24, 2.45) is 0 Å². The van der Waals surface area contributed by atoms with Crippen LogP contribution < -0.4 is 5.73 Å². The lowest BCUT2D eigenvalue weighted by molar-refractivity contribution is 0.623. The summed E-state index contributed by atoms with van der Waals surface area (Å²) in [5, 5.41) is 2.68. The monoisotopic (exact) mass is 270 g/mol. The zero-order chi connectivity index (χ0) is 12.4. The van der Waals surface area contributed by atoms with Gasteiger partial charge in [0.25, 0.3) is 0 Å². The molecule has 0 aliphatic heterocycles. The summed E-state index contributed by atoms with van der Waals surface area (Å²) in [4.78, 5) is 4.62. The van der Waals surface area contributed by atoms with Crippen LogP contribution in [0.2, 0.25) is 0 Å². The van der Waals surface area contributed by atoms with Crippen LogP contribution in [0.5, 0.6) is 0 Å². The van der Waals surface area contributed by atoms with Crippen molar-refractivity contribution in [3.63, 3.8) is 0 Å². The van der Waals surface area contributed by atoms with E-state index in [1.807, 2.05) is 12.3 Å². The van der Waals surface area contributed by atoms with Gasteiger partial charge in [-0.3, -0.25) is 4.21 Å². The summed E-state index contributed by atoms with van der Waals surface area (Å²) in [5.41, 5.74) is 6.69. The van der Waals surface area contributed by atoms with Crippen molar-refractivity contribution in [2.75, 3.05) is 5.73 Å². The van der Waals surface area contributed by atoms with Crippen LogP contribution >= 0.6 is 11.3 Å². The fourth-order valence-corrected chi connectivity index (χ4v) is 3.50. The van der Waals surface area contributed by atoms with Gasteiger partial charge in [0, 0.05) is 21.7 Å². The van der Waals surface area contributed by atoms with Crippen molar-refractivity contribution in [3.8, 4) is 0 Å². The molecule has 0 spiro atoms. The highest BCUT2D eigenvalue weighted by molar-refractivity contribution is 7.84. The number of nitrogen functional groups attached to an aromatic ring is 1. The maximum Gasteiger partial charge on any atom is 0.126 e. The number of nitrogens with zero attached hydrogens (tertiary/aromatic N) is 1. The van der Waals surface area contributed by atoms with Crippen molar-refractivity contribution in [3.05, 3.63) is 40.1 Å². The molecule has 0 aliphatic carbocycles. The number of thiazole rings is 1. The first-order valence-electron chi connectivity index (χ1n) is 4.90. The summed E-state index contributed by atoms with van der Waals surface area (Å²) in [6.45, 7) is 1.88. The van der Waals surface area contributed by atoms with Crippen molar-refractivity contribution in [1.29, 1.82) is 0 Å². The summed E-state index contributed by atoms with van der Waals surface area (Å²) in [6.07, 6.45) is 0. The first-order valence-corrected chi connectivity index (χ1v) is 7.10. The first-order chi connectivity index (χ1) is 8.04. The fourth-order valence-electron chi connectivity index (χ4n) is 1.38. The van der Waals surface area contributed by atoms with E-state index in [2.05, 4.69) is 4.98 Å². The van der Waals surface area contributed by atoms with Crippen LogP contribution in [0.25, 0.3) is 0 Å². The minimum Gasteiger partial charge on any atom is -0.399 e. The molecule has 1 heterocycles. The summed E-state index contributed by atoms with van der Waals surface area (Å²) in [7, 11) is -1.31. The normalized spacial score (nSPS) is 12.6. The molecular weight excluding hydrogens is 259 g/mol. The lowest BCUT2D eigenvalue weighted by atomic mass is 10.3. The molecule has 3 nitrogen and oxygen atoms in total. The Morgan fingerprint density at radius 2 is 2.24 bits per heavy atom. The average Bonchev–Trinajstić information content (AvgIpc) is 2.62. The van der Waals surface area contributed by atoms with E-state index < -0.39 is 16.6 Å². The smallest absolute Gasteiger partial charge is 0.126 e. The minimum absolute atomic E-state index is 0.281. The molecule has 0 saturated carbocycles. The maximum absolute atomic E-state index is 13.1. The van der Waals surface area contributed by atoms with Gasteiger partial charge in [-0.1, -0.05) is 0 Å². The molecule has 0 saturated heterocycles. The van der Waals surface area contributed by atoms with E-state index in [-0.39, 0.29) is 5.69 Å². The Hall–Kier alpha value is -1.27. The topological polar surface area (TPSA) is 56.0 Å². The van der Waals surface area contributed by atoms with Gasteiger partial charge in [-0.15, -0.1) is 11.3 Å². The summed E-state index contributed by atoms with van der Waals surface area (Å²) < 4.78 is 25.1. The van der Waals surface area contributed by atoms with Crippen molar-refractivity contribution in [2.45, 2.75) is 17.6 Å². The molecule has 1 atom stereocenters. The van der Waals surface area contributed by atoms with Crippen LogP contribution in [-0.4, -0.2) is 9.19 Å². The van der Waals surface area contributed by atoms with Crippen LogP contribution in [-0.2, 0) is 16.6 Å². The Labute approximate surface area is 105 Å². The zero-order valence-corrected chi connectivity index (χ0v) is 10.8. The Bertz CT molecular complexity index is 548. The van der Waals surface area contributed by atoms with Gasteiger partial charge in [-0.2, -0.15) is 0 Å². The number of aryl methyl sites for hydroxylation is 1. The van der Waals surface area contributed by atoms with E-state index in [0.29, 0.717) is 10.6 Å². The van der Waals surface area contributed by atoms with Gasteiger partial charge in [0.2, 0.25) is 0 Å². The second kappa shape index (κ2) is 4.93. The molecule has 2 aromatic rings. The van der Waals surface area contributed by atoms with Crippen LogP contribution in [0, 0.1) is 12.7 Å². The van der Waals surface area contributed by atoms with E-state index in [9.17, 15) is 8.60 Å².